The topological polar surface area (TPSA) is 18.5 Å². The summed E-state index contributed by atoms with van der Waals surface area (Å²) in [5, 5.41) is 0. The molecule has 0 amide bonds. The van der Waals surface area contributed by atoms with Crippen molar-refractivity contribution in [3.8, 4) is 17.6 Å². The van der Waals surface area contributed by atoms with E-state index in [1.54, 1.807) is 13.2 Å². The molecule has 1 unspecified atom stereocenters. The Balaban J connectivity index is 2.73. The maximum absolute atomic E-state index is 13.4. The molecule has 1 aromatic carbocycles. The molecule has 0 saturated carbocycles. The Labute approximate surface area is 112 Å². The summed E-state index contributed by atoms with van der Waals surface area (Å²) in [6.07, 6.45) is 0.705. The minimum absolute atomic E-state index is 0.0411. The van der Waals surface area contributed by atoms with Gasteiger partial charge in [-0.05, 0) is 19.1 Å². The van der Waals surface area contributed by atoms with Gasteiger partial charge in [-0.2, -0.15) is 0 Å². The molecule has 0 spiro atoms. The molecule has 0 aromatic heterocycles. The third kappa shape index (κ3) is 5.39. The van der Waals surface area contributed by atoms with Crippen LogP contribution in [-0.2, 0) is 4.74 Å². The lowest BCUT2D eigenvalue weighted by Gasteiger charge is -2.14. The highest BCUT2D eigenvalue weighted by molar-refractivity contribution is 6.19. The zero-order valence-electron chi connectivity index (χ0n) is 10.5. The number of alkyl halides is 1. The predicted molar refractivity (Wildman–Crippen MR) is 70.6 cm³/mol. The summed E-state index contributed by atoms with van der Waals surface area (Å²) >= 11 is 5.46. The van der Waals surface area contributed by atoms with Crippen LogP contribution in [0.2, 0.25) is 0 Å². The van der Waals surface area contributed by atoms with Gasteiger partial charge in [-0.25, -0.2) is 4.39 Å². The van der Waals surface area contributed by atoms with E-state index in [2.05, 4.69) is 11.8 Å². The number of halogens is 2. The molecule has 0 heterocycles. The second-order valence-corrected chi connectivity index (χ2v) is 4.09. The van der Waals surface area contributed by atoms with Gasteiger partial charge in [0.15, 0.2) is 0 Å². The Morgan fingerprint density at radius 3 is 2.83 bits per heavy atom. The summed E-state index contributed by atoms with van der Waals surface area (Å²) in [7, 11) is 1.63. The molecule has 0 aliphatic carbocycles. The van der Waals surface area contributed by atoms with Gasteiger partial charge in [0.25, 0.3) is 0 Å². The van der Waals surface area contributed by atoms with Crippen molar-refractivity contribution in [3.05, 3.63) is 29.6 Å². The van der Waals surface area contributed by atoms with E-state index < -0.39 is 0 Å². The molecule has 2 nitrogen and oxygen atoms in total. The molecule has 4 heteroatoms. The number of hydrogen-bond acceptors (Lipinski definition) is 2. The first-order chi connectivity index (χ1) is 8.65. The van der Waals surface area contributed by atoms with Crippen LogP contribution in [0.5, 0.6) is 5.75 Å². The van der Waals surface area contributed by atoms with Gasteiger partial charge in [0.05, 0.1) is 12.0 Å². The molecular formula is C14H16ClFO2. The van der Waals surface area contributed by atoms with Gasteiger partial charge in [-0.15, -0.1) is 11.6 Å². The summed E-state index contributed by atoms with van der Waals surface area (Å²) in [6, 6.07) is 4.40. The predicted octanol–water partition coefficient (Wildman–Crippen LogP) is 3.22. The normalized spacial score (nSPS) is 11.6. The Morgan fingerprint density at radius 2 is 2.17 bits per heavy atom. The zero-order valence-corrected chi connectivity index (χ0v) is 11.3. The fraction of sp³-hybridized carbons (Fsp3) is 0.429. The zero-order chi connectivity index (χ0) is 13.4. The Kier molecular flexibility index (Phi) is 6.56. The van der Waals surface area contributed by atoms with E-state index >= 15 is 0 Å². The Morgan fingerprint density at radius 1 is 1.39 bits per heavy atom. The third-order valence-corrected chi connectivity index (χ3v) is 2.37. The smallest absolute Gasteiger partial charge is 0.128 e. The second-order valence-electron chi connectivity index (χ2n) is 3.82. The summed E-state index contributed by atoms with van der Waals surface area (Å²) in [6.45, 7) is 2.52. The van der Waals surface area contributed by atoms with Crippen molar-refractivity contribution in [1.82, 2.24) is 0 Å². The average Bonchev–Trinajstić information content (AvgIpc) is 2.33. The highest BCUT2D eigenvalue weighted by Crippen LogP contribution is 2.18. The van der Waals surface area contributed by atoms with Gasteiger partial charge in [0, 0.05) is 31.8 Å². The van der Waals surface area contributed by atoms with E-state index in [1.807, 2.05) is 6.92 Å². The number of rotatable bonds is 5. The van der Waals surface area contributed by atoms with Crippen LogP contribution in [-0.4, -0.2) is 25.7 Å². The van der Waals surface area contributed by atoms with Crippen molar-refractivity contribution >= 4 is 11.6 Å². The molecule has 0 fully saturated rings. The summed E-state index contributed by atoms with van der Waals surface area (Å²) < 4.78 is 23.9. The molecule has 0 N–H and O–H groups in total. The van der Waals surface area contributed by atoms with Crippen LogP contribution in [0, 0.1) is 17.7 Å². The summed E-state index contributed by atoms with van der Waals surface area (Å²) in [5.41, 5.74) is 0.560. The second kappa shape index (κ2) is 7.97. The molecule has 1 rings (SSSR count). The third-order valence-electron chi connectivity index (χ3n) is 2.24. The van der Waals surface area contributed by atoms with Crippen molar-refractivity contribution in [3.63, 3.8) is 0 Å². The lowest BCUT2D eigenvalue weighted by Crippen LogP contribution is -2.14. The van der Waals surface area contributed by atoms with Crippen LogP contribution in [0.15, 0.2) is 18.2 Å². The van der Waals surface area contributed by atoms with E-state index in [0.29, 0.717) is 17.9 Å². The largest absolute Gasteiger partial charge is 0.490 e. The van der Waals surface area contributed by atoms with Gasteiger partial charge in [0.2, 0.25) is 0 Å². The van der Waals surface area contributed by atoms with Gasteiger partial charge in [-0.3, -0.25) is 0 Å². The van der Waals surface area contributed by atoms with Gasteiger partial charge in [-0.1, -0.05) is 11.8 Å². The number of methoxy groups -OCH3 is 1. The fourth-order valence-electron chi connectivity index (χ4n) is 1.41. The molecular weight excluding hydrogens is 255 g/mol. The van der Waals surface area contributed by atoms with Crippen molar-refractivity contribution in [2.45, 2.75) is 19.4 Å². The monoisotopic (exact) mass is 270 g/mol. The first kappa shape index (κ1) is 14.8. The van der Waals surface area contributed by atoms with Crippen LogP contribution in [0.25, 0.3) is 0 Å². The van der Waals surface area contributed by atoms with E-state index in [9.17, 15) is 4.39 Å². The lowest BCUT2D eigenvalue weighted by molar-refractivity contribution is 0.135. The fourth-order valence-corrected chi connectivity index (χ4v) is 1.48. The van der Waals surface area contributed by atoms with Crippen LogP contribution < -0.4 is 4.74 Å². The van der Waals surface area contributed by atoms with Crippen LogP contribution >= 0.6 is 11.6 Å². The molecule has 1 aromatic rings. The SMILES string of the molecule is COCCC(C)Oc1cc(F)cc(C#CCCl)c1. The quantitative estimate of drug-likeness (QED) is 0.604. The first-order valence-electron chi connectivity index (χ1n) is 5.66. The standard InChI is InChI=1S/C14H16ClFO2/c1-11(5-7-17-2)18-14-9-12(4-3-6-15)8-13(16)10-14/h8-11H,5-7H2,1-2H3. The van der Waals surface area contributed by atoms with Crippen LogP contribution in [0.1, 0.15) is 18.9 Å². The van der Waals surface area contributed by atoms with Crippen LogP contribution in [0.3, 0.4) is 0 Å². The van der Waals surface area contributed by atoms with Crippen molar-refractivity contribution in [2.75, 3.05) is 19.6 Å². The Bertz CT molecular complexity index is 437. The van der Waals surface area contributed by atoms with Gasteiger partial charge in [0.1, 0.15) is 11.6 Å². The van der Waals surface area contributed by atoms with E-state index in [1.165, 1.54) is 12.1 Å². The van der Waals surface area contributed by atoms with Gasteiger partial charge >= 0.3 is 0 Å². The maximum atomic E-state index is 13.4. The number of hydrogen-bond donors (Lipinski definition) is 0. The van der Waals surface area contributed by atoms with Crippen molar-refractivity contribution in [2.24, 2.45) is 0 Å². The molecule has 0 radical (unpaired) electrons. The minimum Gasteiger partial charge on any atom is -0.490 e. The maximum Gasteiger partial charge on any atom is 0.128 e. The molecule has 0 saturated heterocycles. The molecule has 18 heavy (non-hydrogen) atoms. The Hall–Kier alpha value is -1.24. The highest BCUT2D eigenvalue weighted by Gasteiger charge is 2.06. The van der Waals surface area contributed by atoms with E-state index in [0.717, 1.165) is 6.42 Å². The molecule has 0 aliphatic heterocycles. The average molecular weight is 271 g/mol. The summed E-state index contributed by atoms with van der Waals surface area (Å²) in [5.74, 6) is 5.76. The van der Waals surface area contributed by atoms with Crippen molar-refractivity contribution in [1.29, 1.82) is 0 Å². The minimum atomic E-state index is -0.370. The molecule has 98 valence electrons. The van der Waals surface area contributed by atoms with E-state index in [-0.39, 0.29) is 17.8 Å². The molecule has 0 bridgehead atoms. The van der Waals surface area contributed by atoms with Crippen molar-refractivity contribution < 1.29 is 13.9 Å². The number of benzene rings is 1. The van der Waals surface area contributed by atoms with Gasteiger partial charge < -0.3 is 9.47 Å². The molecule has 1 atom stereocenters. The molecule has 0 aliphatic rings. The van der Waals surface area contributed by atoms with Crippen LogP contribution in [0.4, 0.5) is 4.39 Å². The van der Waals surface area contributed by atoms with E-state index in [4.69, 9.17) is 21.1 Å². The highest BCUT2D eigenvalue weighted by atomic mass is 35.5. The summed E-state index contributed by atoms with van der Waals surface area (Å²) in [4.78, 5) is 0. The number of ether oxygens (including phenoxy) is 2. The lowest BCUT2D eigenvalue weighted by atomic mass is 10.2. The first-order valence-corrected chi connectivity index (χ1v) is 6.20.